The molecule has 11 aromatic rings. The first-order valence-corrected chi connectivity index (χ1v) is 21.8. The fourth-order valence-electron chi connectivity index (χ4n) is 10.0. The molecular formula is C61H43NO. The Hall–Kier alpha value is -7.94. The average molecular weight is 806 g/mol. The van der Waals surface area contributed by atoms with Crippen LogP contribution < -0.4 is 4.90 Å². The van der Waals surface area contributed by atoms with Crippen molar-refractivity contribution in [2.24, 2.45) is 0 Å². The second-order valence-electron chi connectivity index (χ2n) is 17.3. The average Bonchev–Trinajstić information content (AvgIpc) is 3.83. The first kappa shape index (κ1) is 36.9. The van der Waals surface area contributed by atoms with Gasteiger partial charge >= 0.3 is 0 Å². The number of furan rings is 1. The summed E-state index contributed by atoms with van der Waals surface area (Å²) in [4.78, 5) is 2.41. The van der Waals surface area contributed by atoms with Gasteiger partial charge in [0.15, 0.2) is 0 Å². The van der Waals surface area contributed by atoms with Gasteiger partial charge in [-0.25, -0.2) is 0 Å². The summed E-state index contributed by atoms with van der Waals surface area (Å²) in [5, 5.41) is 4.80. The van der Waals surface area contributed by atoms with Gasteiger partial charge in [0.05, 0.1) is 0 Å². The van der Waals surface area contributed by atoms with Gasteiger partial charge in [0.2, 0.25) is 0 Å². The highest BCUT2D eigenvalue weighted by molar-refractivity contribution is 6.09. The molecule has 0 unspecified atom stereocenters. The molecule has 1 aliphatic rings. The normalized spacial score (nSPS) is 12.7. The van der Waals surface area contributed by atoms with E-state index in [9.17, 15) is 0 Å². The van der Waals surface area contributed by atoms with Gasteiger partial charge in [-0.1, -0.05) is 184 Å². The van der Waals surface area contributed by atoms with E-state index in [4.69, 9.17) is 4.42 Å². The maximum Gasteiger partial charge on any atom is 0.143 e. The van der Waals surface area contributed by atoms with Gasteiger partial charge in [-0.2, -0.15) is 0 Å². The van der Waals surface area contributed by atoms with E-state index in [-0.39, 0.29) is 5.41 Å². The Bertz CT molecular complexity index is 3520. The van der Waals surface area contributed by atoms with Crippen molar-refractivity contribution in [3.05, 3.63) is 236 Å². The Labute approximate surface area is 368 Å². The van der Waals surface area contributed by atoms with E-state index in [1.807, 2.05) is 6.07 Å². The fourth-order valence-corrected chi connectivity index (χ4v) is 10.0. The molecule has 0 spiro atoms. The lowest BCUT2D eigenvalue weighted by atomic mass is 9.81. The Morgan fingerprint density at radius 3 is 1.63 bits per heavy atom. The molecule has 10 aromatic carbocycles. The molecular weight excluding hydrogens is 763 g/mol. The predicted molar refractivity (Wildman–Crippen MR) is 265 cm³/mol. The molecule has 298 valence electrons. The summed E-state index contributed by atoms with van der Waals surface area (Å²) in [7, 11) is 0. The van der Waals surface area contributed by atoms with Crippen LogP contribution in [0.5, 0.6) is 0 Å². The van der Waals surface area contributed by atoms with Crippen molar-refractivity contribution in [2.75, 3.05) is 4.90 Å². The number of benzene rings is 10. The summed E-state index contributed by atoms with van der Waals surface area (Å²) < 4.78 is 6.50. The number of hydrogen-bond acceptors (Lipinski definition) is 2. The second-order valence-corrected chi connectivity index (χ2v) is 17.3. The maximum absolute atomic E-state index is 6.50. The molecule has 1 heterocycles. The van der Waals surface area contributed by atoms with Crippen LogP contribution >= 0.6 is 0 Å². The van der Waals surface area contributed by atoms with E-state index in [1.54, 1.807) is 0 Å². The molecule has 1 aromatic heterocycles. The number of para-hydroxylation sites is 2. The van der Waals surface area contributed by atoms with Gasteiger partial charge in [0.1, 0.15) is 11.2 Å². The first-order valence-electron chi connectivity index (χ1n) is 21.8. The SMILES string of the molecule is CC1(C)c2cc(-c3cccc4c3oc3ccccc34)ccc2-c2ccc(N(c3ccc(-c4cccc(-c5ccccc5)c4)cc3)c3ccc(-c4cccc5ccccc45)cc3)cc21. The van der Waals surface area contributed by atoms with E-state index >= 15 is 0 Å². The van der Waals surface area contributed by atoms with Crippen molar-refractivity contribution in [1.82, 2.24) is 0 Å². The smallest absolute Gasteiger partial charge is 0.143 e. The van der Waals surface area contributed by atoms with E-state index in [2.05, 4.69) is 237 Å². The van der Waals surface area contributed by atoms with Gasteiger partial charge in [0.25, 0.3) is 0 Å². The van der Waals surface area contributed by atoms with Crippen LogP contribution in [0.3, 0.4) is 0 Å². The number of hydrogen-bond donors (Lipinski definition) is 0. The molecule has 12 rings (SSSR count). The number of fused-ring (bicyclic) bond motifs is 7. The zero-order valence-corrected chi connectivity index (χ0v) is 35.2. The van der Waals surface area contributed by atoms with Gasteiger partial charge in [-0.15, -0.1) is 0 Å². The van der Waals surface area contributed by atoms with Crippen molar-refractivity contribution < 1.29 is 4.42 Å². The van der Waals surface area contributed by atoms with Crippen molar-refractivity contribution in [3.63, 3.8) is 0 Å². The molecule has 2 heteroatoms. The Morgan fingerprint density at radius 1 is 0.333 bits per heavy atom. The molecule has 0 aliphatic heterocycles. The first-order chi connectivity index (χ1) is 31.0. The van der Waals surface area contributed by atoms with Crippen LogP contribution in [0.2, 0.25) is 0 Å². The Kier molecular flexibility index (Phi) is 8.55. The van der Waals surface area contributed by atoms with Crippen molar-refractivity contribution in [2.45, 2.75) is 19.3 Å². The topological polar surface area (TPSA) is 16.4 Å². The highest BCUT2D eigenvalue weighted by Gasteiger charge is 2.36. The summed E-state index contributed by atoms with van der Waals surface area (Å²) >= 11 is 0. The minimum Gasteiger partial charge on any atom is -0.455 e. The third-order valence-corrected chi connectivity index (χ3v) is 13.3. The van der Waals surface area contributed by atoms with Gasteiger partial charge < -0.3 is 9.32 Å². The predicted octanol–water partition coefficient (Wildman–Crippen LogP) is 17.2. The summed E-state index contributed by atoms with van der Waals surface area (Å²) in [6.07, 6.45) is 0. The van der Waals surface area contributed by atoms with Crippen LogP contribution in [-0.4, -0.2) is 0 Å². The summed E-state index contributed by atoms with van der Waals surface area (Å²) in [6.45, 7) is 4.74. The quantitative estimate of drug-likeness (QED) is 0.160. The van der Waals surface area contributed by atoms with Crippen molar-refractivity contribution >= 4 is 49.8 Å². The standard InChI is InChI=1S/C61H43NO/c1-61(2)57-38-46(52-22-12-23-56-55-20-8-9-24-59(55)63-60(52)56)29-35-53(57)54-36-34-49(39-58(54)61)62(48-32-27-43(28-33-48)51-21-11-16-42-15-6-7-19-50(42)51)47-30-25-41(26-31-47)45-18-10-17-44(37-45)40-13-4-3-5-14-40/h3-39H,1-2H3. The van der Waals surface area contributed by atoms with Crippen molar-refractivity contribution in [1.29, 1.82) is 0 Å². The minimum absolute atomic E-state index is 0.240. The zero-order chi connectivity index (χ0) is 42.1. The largest absolute Gasteiger partial charge is 0.455 e. The molecule has 0 saturated heterocycles. The third-order valence-electron chi connectivity index (χ3n) is 13.3. The summed E-state index contributed by atoms with van der Waals surface area (Å²) in [5.74, 6) is 0. The molecule has 1 aliphatic carbocycles. The van der Waals surface area contributed by atoms with Crippen LogP contribution in [-0.2, 0) is 5.41 Å². The molecule has 0 bridgehead atoms. The van der Waals surface area contributed by atoms with Crippen LogP contribution in [0.4, 0.5) is 17.1 Å². The molecule has 0 radical (unpaired) electrons. The molecule has 63 heavy (non-hydrogen) atoms. The van der Waals surface area contributed by atoms with E-state index in [0.717, 1.165) is 44.6 Å². The number of anilines is 3. The van der Waals surface area contributed by atoms with Gasteiger partial charge in [0, 0.05) is 38.8 Å². The lowest BCUT2D eigenvalue weighted by molar-refractivity contribution is 0.660. The zero-order valence-electron chi connectivity index (χ0n) is 35.2. The molecule has 2 nitrogen and oxygen atoms in total. The van der Waals surface area contributed by atoms with Gasteiger partial charge in [-0.05, 0) is 127 Å². The van der Waals surface area contributed by atoms with Crippen LogP contribution in [0.15, 0.2) is 229 Å². The van der Waals surface area contributed by atoms with Gasteiger partial charge in [-0.3, -0.25) is 0 Å². The molecule has 0 amide bonds. The lowest BCUT2D eigenvalue weighted by Gasteiger charge is -2.28. The Balaban J connectivity index is 0.944. The highest BCUT2D eigenvalue weighted by atomic mass is 16.3. The van der Waals surface area contributed by atoms with Crippen LogP contribution in [0.25, 0.3) is 88.3 Å². The lowest BCUT2D eigenvalue weighted by Crippen LogP contribution is -2.16. The molecule has 0 N–H and O–H groups in total. The molecule has 0 saturated carbocycles. The van der Waals surface area contributed by atoms with Crippen molar-refractivity contribution in [3.8, 4) is 55.6 Å². The Morgan fingerprint density at radius 2 is 0.857 bits per heavy atom. The summed E-state index contributed by atoms with van der Waals surface area (Å²) in [6, 6.07) is 81.6. The van der Waals surface area contributed by atoms with E-state index in [0.29, 0.717) is 0 Å². The number of rotatable bonds is 7. The highest BCUT2D eigenvalue weighted by Crippen LogP contribution is 2.52. The number of nitrogens with zero attached hydrogens (tertiary/aromatic N) is 1. The van der Waals surface area contributed by atoms with Crippen LogP contribution in [0.1, 0.15) is 25.0 Å². The van der Waals surface area contributed by atoms with E-state index < -0.39 is 0 Å². The summed E-state index contributed by atoms with van der Waals surface area (Å²) in [5.41, 5.74) is 19.7. The fraction of sp³-hybridized carbons (Fsp3) is 0.0492. The van der Waals surface area contributed by atoms with E-state index in [1.165, 1.54) is 72.0 Å². The maximum atomic E-state index is 6.50. The molecule has 0 fully saturated rings. The molecule has 0 atom stereocenters. The minimum atomic E-state index is -0.240. The monoisotopic (exact) mass is 805 g/mol. The van der Waals surface area contributed by atoms with Crippen LogP contribution in [0, 0.1) is 0 Å². The second kappa shape index (κ2) is 14.6. The third kappa shape index (κ3) is 6.17.